The maximum Gasteiger partial charge on any atom is 0.413 e. The van der Waals surface area contributed by atoms with Crippen LogP contribution in [-0.4, -0.2) is 58.7 Å². The van der Waals surface area contributed by atoms with Gasteiger partial charge in [0.25, 0.3) is 5.91 Å². The van der Waals surface area contributed by atoms with E-state index >= 15 is 4.39 Å². The number of hydrogen-bond donors (Lipinski definition) is 3. The molecule has 6 rings (SSSR count). The van der Waals surface area contributed by atoms with Gasteiger partial charge in [0.2, 0.25) is 5.95 Å². The number of hydrogen-bond acceptors (Lipinski definition) is 6. The molecule has 11 heteroatoms. The molecule has 1 fully saturated rings. The van der Waals surface area contributed by atoms with Crippen molar-refractivity contribution in [1.29, 1.82) is 0 Å². The molecule has 3 aromatic carbocycles. The Bertz CT molecular complexity index is 1630. The van der Waals surface area contributed by atoms with Crippen LogP contribution >= 0.6 is 11.6 Å². The van der Waals surface area contributed by atoms with Gasteiger partial charge in [0.15, 0.2) is 11.5 Å². The average Bonchev–Trinajstić information content (AvgIpc) is 3.45. The van der Waals surface area contributed by atoms with E-state index in [1.165, 1.54) is 18.2 Å². The Morgan fingerprint density at radius 3 is 2.90 bits per heavy atom. The number of aliphatic hydroxyl groups is 1. The van der Waals surface area contributed by atoms with E-state index in [9.17, 15) is 14.7 Å². The predicted molar refractivity (Wildman–Crippen MR) is 149 cm³/mol. The number of piperidine rings is 1. The van der Waals surface area contributed by atoms with Crippen LogP contribution in [0.25, 0.3) is 11.0 Å². The summed E-state index contributed by atoms with van der Waals surface area (Å²) in [5, 5.41) is 14.6. The highest BCUT2D eigenvalue weighted by Crippen LogP contribution is 2.46. The first-order chi connectivity index (χ1) is 19.3. The molecule has 206 valence electrons. The maximum atomic E-state index is 15.2. The highest BCUT2D eigenvalue weighted by molar-refractivity contribution is 6.31. The van der Waals surface area contributed by atoms with E-state index in [0.29, 0.717) is 23.2 Å². The third kappa shape index (κ3) is 4.47. The van der Waals surface area contributed by atoms with Crippen LogP contribution in [0.5, 0.6) is 0 Å². The lowest BCUT2D eigenvalue weighted by atomic mass is 9.93. The number of anilines is 2. The molecule has 0 radical (unpaired) electrons. The Morgan fingerprint density at radius 1 is 1.25 bits per heavy atom. The Kier molecular flexibility index (Phi) is 6.69. The maximum absolute atomic E-state index is 15.2. The van der Waals surface area contributed by atoms with Crippen molar-refractivity contribution in [2.75, 3.05) is 37.0 Å². The van der Waals surface area contributed by atoms with Gasteiger partial charge in [-0.3, -0.25) is 15.0 Å². The van der Waals surface area contributed by atoms with Crippen LogP contribution < -0.4 is 10.2 Å². The Morgan fingerprint density at radius 2 is 2.08 bits per heavy atom. The van der Waals surface area contributed by atoms with Gasteiger partial charge in [-0.1, -0.05) is 41.9 Å². The molecule has 2 unspecified atom stereocenters. The highest BCUT2D eigenvalue weighted by Gasteiger charge is 2.51. The number of nitrogens with zero attached hydrogens (tertiary/aromatic N) is 3. The Balaban J connectivity index is 1.30. The van der Waals surface area contributed by atoms with Crippen molar-refractivity contribution in [2.45, 2.75) is 18.6 Å². The van der Waals surface area contributed by atoms with E-state index in [2.05, 4.69) is 27.2 Å². The van der Waals surface area contributed by atoms with Crippen molar-refractivity contribution >= 4 is 46.3 Å². The molecule has 9 nitrogen and oxygen atoms in total. The van der Waals surface area contributed by atoms with Crippen molar-refractivity contribution in [3.63, 3.8) is 0 Å². The molecule has 0 spiro atoms. The van der Waals surface area contributed by atoms with Crippen LogP contribution in [0.4, 0.5) is 20.8 Å². The topological polar surface area (TPSA) is 111 Å². The summed E-state index contributed by atoms with van der Waals surface area (Å²) in [6, 6.07) is 15.7. The van der Waals surface area contributed by atoms with Crippen LogP contribution in [-0.2, 0) is 10.5 Å². The van der Waals surface area contributed by atoms with Gasteiger partial charge in [-0.05, 0) is 56.8 Å². The minimum atomic E-state index is -2.04. The summed E-state index contributed by atoms with van der Waals surface area (Å²) in [4.78, 5) is 36.6. The van der Waals surface area contributed by atoms with E-state index < -0.39 is 23.5 Å². The molecule has 2 amide bonds. The number of fused-ring (bicyclic) bond motifs is 2. The van der Waals surface area contributed by atoms with E-state index in [-0.39, 0.29) is 33.7 Å². The molecule has 4 aromatic rings. The molecule has 3 N–H and O–H groups in total. The van der Waals surface area contributed by atoms with Gasteiger partial charge in [-0.25, -0.2) is 14.2 Å². The highest BCUT2D eigenvalue weighted by atomic mass is 35.5. The number of aromatic amines is 1. The first kappa shape index (κ1) is 26.2. The summed E-state index contributed by atoms with van der Waals surface area (Å²) in [6.07, 6.45) is 1.46. The van der Waals surface area contributed by atoms with E-state index in [1.807, 2.05) is 0 Å². The van der Waals surface area contributed by atoms with Gasteiger partial charge in [-0.2, -0.15) is 0 Å². The average molecular weight is 564 g/mol. The molecule has 1 aromatic heterocycles. The number of amides is 2. The number of aromatic nitrogens is 2. The van der Waals surface area contributed by atoms with E-state index in [0.717, 1.165) is 30.8 Å². The summed E-state index contributed by atoms with van der Waals surface area (Å²) in [5.41, 5.74) is -0.380. The van der Waals surface area contributed by atoms with Gasteiger partial charge in [0.05, 0.1) is 28.4 Å². The standard InChI is InChI=1S/C29H27ClFN5O4/c1-35-13-5-6-17(15-35)16-40-28(38)34-27-32-22-12-11-18(14-23(22)33-27)29(39)20-8-3-2-7-19(20)26(37)36(29)24-10-4-9-21(30)25(24)31/h2-4,7-12,14,17,39H,5-6,13,15-16H2,1H3,(H2,32,33,34,38). The quantitative estimate of drug-likeness (QED) is 0.312. The number of ether oxygens (including phenoxy) is 1. The van der Waals surface area contributed by atoms with Crippen LogP contribution in [0.3, 0.4) is 0 Å². The molecule has 1 saturated heterocycles. The van der Waals surface area contributed by atoms with Crippen LogP contribution in [0.15, 0.2) is 60.7 Å². The van der Waals surface area contributed by atoms with E-state index in [4.69, 9.17) is 16.3 Å². The zero-order chi connectivity index (χ0) is 28.0. The minimum absolute atomic E-state index is 0.157. The van der Waals surface area contributed by atoms with Gasteiger partial charge in [0, 0.05) is 29.2 Å². The fourth-order valence-electron chi connectivity index (χ4n) is 5.62. The van der Waals surface area contributed by atoms with Crippen LogP contribution in [0.2, 0.25) is 5.02 Å². The fourth-order valence-corrected chi connectivity index (χ4v) is 5.79. The number of carbonyl (C=O) groups excluding carboxylic acids is 2. The second kappa shape index (κ2) is 10.2. The number of nitrogens with one attached hydrogen (secondary N) is 2. The molecule has 2 aliphatic rings. The largest absolute Gasteiger partial charge is 0.449 e. The molecule has 2 aliphatic heterocycles. The fraction of sp³-hybridized carbons (Fsp3) is 0.276. The zero-order valence-electron chi connectivity index (χ0n) is 21.7. The molecule has 40 heavy (non-hydrogen) atoms. The van der Waals surface area contributed by atoms with Gasteiger partial charge >= 0.3 is 6.09 Å². The molecule has 0 aliphatic carbocycles. The first-order valence-electron chi connectivity index (χ1n) is 13.0. The molecule has 2 atom stereocenters. The van der Waals surface area contributed by atoms with Crippen LogP contribution in [0.1, 0.15) is 34.3 Å². The smallest absolute Gasteiger partial charge is 0.413 e. The summed E-state index contributed by atoms with van der Waals surface area (Å²) in [7, 11) is 2.05. The Hall–Kier alpha value is -3.99. The van der Waals surface area contributed by atoms with Gasteiger partial charge in [0.1, 0.15) is 0 Å². The summed E-state index contributed by atoms with van der Waals surface area (Å²) in [6.45, 7) is 2.24. The predicted octanol–water partition coefficient (Wildman–Crippen LogP) is 5.10. The van der Waals surface area contributed by atoms with Crippen molar-refractivity contribution in [3.05, 3.63) is 88.2 Å². The number of likely N-dealkylation sites (tertiary alicyclic amines) is 1. The summed E-state index contributed by atoms with van der Waals surface area (Å²) in [5.74, 6) is -0.937. The molecule has 0 saturated carbocycles. The number of benzene rings is 3. The second-order valence-electron chi connectivity index (χ2n) is 10.2. The zero-order valence-corrected chi connectivity index (χ0v) is 22.4. The summed E-state index contributed by atoms with van der Waals surface area (Å²) < 4.78 is 20.6. The molecule has 3 heterocycles. The normalized spacial score (nSPS) is 21.1. The van der Waals surface area contributed by atoms with Gasteiger partial charge in [-0.15, -0.1) is 0 Å². The van der Waals surface area contributed by atoms with Crippen molar-refractivity contribution in [2.24, 2.45) is 5.92 Å². The third-order valence-electron chi connectivity index (χ3n) is 7.51. The second-order valence-corrected chi connectivity index (χ2v) is 10.6. The Labute approximate surface area is 234 Å². The van der Waals surface area contributed by atoms with Crippen molar-refractivity contribution in [1.82, 2.24) is 14.9 Å². The number of rotatable bonds is 5. The lowest BCUT2D eigenvalue weighted by Crippen LogP contribution is -2.45. The summed E-state index contributed by atoms with van der Waals surface area (Å²) >= 11 is 6.03. The molecular weight excluding hydrogens is 537 g/mol. The van der Waals surface area contributed by atoms with E-state index in [1.54, 1.807) is 42.5 Å². The molecule has 0 bridgehead atoms. The first-order valence-corrected chi connectivity index (χ1v) is 13.4. The minimum Gasteiger partial charge on any atom is -0.449 e. The SMILES string of the molecule is CN1CCCC(COC(=O)Nc2nc3ccc(C4(O)c5ccccc5C(=O)N4c4cccc(Cl)c4F)cc3[nH]2)C1. The lowest BCUT2D eigenvalue weighted by molar-refractivity contribution is 0.0699. The number of imidazole rings is 1. The van der Waals surface area contributed by atoms with Crippen LogP contribution in [0, 0.1) is 11.7 Å². The molecular formula is C29H27ClFN5O4. The van der Waals surface area contributed by atoms with Gasteiger partial charge < -0.3 is 19.7 Å². The monoisotopic (exact) mass is 563 g/mol. The number of halogens is 2. The third-order valence-corrected chi connectivity index (χ3v) is 7.80. The lowest BCUT2D eigenvalue weighted by Gasteiger charge is -2.35. The number of H-pyrrole nitrogens is 1. The van der Waals surface area contributed by atoms with Crippen molar-refractivity contribution < 1.29 is 23.8 Å². The number of carbonyl (C=O) groups is 2. The van der Waals surface area contributed by atoms with Crippen molar-refractivity contribution in [3.8, 4) is 0 Å².